The van der Waals surface area contributed by atoms with Gasteiger partial charge in [-0.3, -0.25) is 0 Å². The molecule has 2 aromatic rings. The smallest absolute Gasteiger partial charge is 0.270 e. The third-order valence-electron chi connectivity index (χ3n) is 4.03. The molecular formula is C14H19N3O2S. The Hall–Kier alpha value is -1.40. The largest absolute Gasteiger partial charge is 0.397 e. The van der Waals surface area contributed by atoms with E-state index in [1.807, 2.05) is 11.4 Å². The number of ether oxygens (including phenoxy) is 1. The summed E-state index contributed by atoms with van der Waals surface area (Å²) in [6, 6.07) is 1.85. The lowest BCUT2D eigenvalue weighted by molar-refractivity contribution is -0.0365. The Morgan fingerprint density at radius 3 is 2.65 bits per heavy atom. The van der Waals surface area contributed by atoms with Gasteiger partial charge in [0.25, 0.3) is 5.89 Å². The SMILES string of the molecule is COC1(c2noc(-c3sccc3N)n2)CCCCCC1. The number of hydrogen-bond donors (Lipinski definition) is 1. The molecule has 5 nitrogen and oxygen atoms in total. The first-order valence-corrected chi connectivity index (χ1v) is 7.86. The van der Waals surface area contributed by atoms with Crippen LogP contribution in [0.15, 0.2) is 16.0 Å². The van der Waals surface area contributed by atoms with Crippen LogP contribution in [-0.2, 0) is 10.3 Å². The van der Waals surface area contributed by atoms with E-state index in [0.29, 0.717) is 17.4 Å². The molecule has 0 spiro atoms. The van der Waals surface area contributed by atoms with Gasteiger partial charge in [0.05, 0.1) is 5.69 Å². The number of nitrogen functional groups attached to an aromatic ring is 1. The molecule has 0 unspecified atom stereocenters. The van der Waals surface area contributed by atoms with E-state index >= 15 is 0 Å². The first kappa shape index (κ1) is 13.6. The normalized spacial score (nSPS) is 18.9. The lowest BCUT2D eigenvalue weighted by atomic mass is 9.93. The van der Waals surface area contributed by atoms with Crippen LogP contribution >= 0.6 is 11.3 Å². The summed E-state index contributed by atoms with van der Waals surface area (Å²) in [7, 11) is 1.74. The monoisotopic (exact) mass is 293 g/mol. The number of rotatable bonds is 3. The van der Waals surface area contributed by atoms with Crippen LogP contribution in [0.1, 0.15) is 44.3 Å². The molecule has 0 aromatic carbocycles. The van der Waals surface area contributed by atoms with Crippen LogP contribution in [0.25, 0.3) is 10.8 Å². The summed E-state index contributed by atoms with van der Waals surface area (Å²) in [4.78, 5) is 5.39. The van der Waals surface area contributed by atoms with Crippen molar-refractivity contribution in [3.05, 3.63) is 17.3 Å². The van der Waals surface area contributed by atoms with E-state index in [2.05, 4.69) is 10.1 Å². The number of methoxy groups -OCH3 is 1. The zero-order valence-corrected chi connectivity index (χ0v) is 12.4. The van der Waals surface area contributed by atoms with Crippen molar-refractivity contribution in [1.29, 1.82) is 0 Å². The molecule has 1 aliphatic carbocycles. The van der Waals surface area contributed by atoms with E-state index in [1.165, 1.54) is 24.2 Å². The van der Waals surface area contributed by atoms with Crippen molar-refractivity contribution in [3.8, 4) is 10.8 Å². The van der Waals surface area contributed by atoms with Crippen LogP contribution in [0.2, 0.25) is 0 Å². The van der Waals surface area contributed by atoms with E-state index < -0.39 is 5.60 Å². The highest BCUT2D eigenvalue weighted by Crippen LogP contribution is 2.39. The Morgan fingerprint density at radius 1 is 1.30 bits per heavy atom. The Bertz CT molecular complexity index is 570. The quantitative estimate of drug-likeness (QED) is 0.876. The molecule has 2 aromatic heterocycles. The van der Waals surface area contributed by atoms with E-state index in [1.54, 1.807) is 7.11 Å². The van der Waals surface area contributed by atoms with Gasteiger partial charge in [-0.05, 0) is 24.3 Å². The number of nitrogens with two attached hydrogens (primary N) is 1. The van der Waals surface area contributed by atoms with Crippen LogP contribution < -0.4 is 5.73 Å². The fourth-order valence-corrected chi connectivity index (χ4v) is 3.55. The van der Waals surface area contributed by atoms with Crippen LogP contribution in [-0.4, -0.2) is 17.3 Å². The molecule has 2 heterocycles. The van der Waals surface area contributed by atoms with Gasteiger partial charge in [0.1, 0.15) is 10.5 Å². The minimum atomic E-state index is -0.399. The van der Waals surface area contributed by atoms with Gasteiger partial charge < -0.3 is 15.0 Å². The second-order valence-electron chi connectivity index (χ2n) is 5.24. The van der Waals surface area contributed by atoms with Crippen molar-refractivity contribution in [2.24, 2.45) is 0 Å². The third kappa shape index (κ3) is 2.33. The zero-order chi connectivity index (χ0) is 14.0. The van der Waals surface area contributed by atoms with Crippen molar-refractivity contribution < 1.29 is 9.26 Å². The van der Waals surface area contributed by atoms with Gasteiger partial charge in [-0.25, -0.2) is 0 Å². The third-order valence-corrected chi connectivity index (χ3v) is 4.94. The molecule has 3 rings (SSSR count). The highest BCUT2D eigenvalue weighted by Gasteiger charge is 2.37. The minimum Gasteiger partial charge on any atom is -0.397 e. The Labute approximate surface area is 122 Å². The molecule has 2 N–H and O–H groups in total. The molecule has 0 saturated heterocycles. The molecule has 0 radical (unpaired) electrons. The first-order chi connectivity index (χ1) is 9.75. The Morgan fingerprint density at radius 2 is 2.05 bits per heavy atom. The molecule has 0 bridgehead atoms. The van der Waals surface area contributed by atoms with E-state index in [9.17, 15) is 0 Å². The van der Waals surface area contributed by atoms with Crippen molar-refractivity contribution in [1.82, 2.24) is 10.1 Å². The molecule has 1 aliphatic rings. The number of thiophene rings is 1. The van der Waals surface area contributed by atoms with E-state index in [4.69, 9.17) is 15.0 Å². The van der Waals surface area contributed by atoms with Gasteiger partial charge >= 0.3 is 0 Å². The molecule has 1 fully saturated rings. The molecule has 0 amide bonds. The maximum absolute atomic E-state index is 5.90. The maximum atomic E-state index is 5.90. The Balaban J connectivity index is 1.93. The highest BCUT2D eigenvalue weighted by atomic mass is 32.1. The molecule has 1 saturated carbocycles. The number of hydrogen-bond acceptors (Lipinski definition) is 6. The van der Waals surface area contributed by atoms with Crippen molar-refractivity contribution in [3.63, 3.8) is 0 Å². The van der Waals surface area contributed by atoms with Crippen LogP contribution in [0, 0.1) is 0 Å². The second kappa shape index (κ2) is 5.54. The molecule has 0 aliphatic heterocycles. The van der Waals surface area contributed by atoms with Crippen molar-refractivity contribution in [2.75, 3.05) is 12.8 Å². The lowest BCUT2D eigenvalue weighted by Gasteiger charge is -2.27. The standard InChI is InChI=1S/C14H19N3O2S/c1-18-14(7-4-2-3-5-8-14)13-16-12(19-17-13)11-10(15)6-9-20-11/h6,9H,2-5,7-8,15H2,1H3. The Kier molecular flexibility index (Phi) is 3.76. The highest BCUT2D eigenvalue weighted by molar-refractivity contribution is 7.14. The van der Waals surface area contributed by atoms with Gasteiger partial charge in [0.2, 0.25) is 5.82 Å². The number of aromatic nitrogens is 2. The van der Waals surface area contributed by atoms with Crippen LogP contribution in [0.5, 0.6) is 0 Å². The van der Waals surface area contributed by atoms with Gasteiger partial charge in [0.15, 0.2) is 0 Å². The number of anilines is 1. The number of nitrogens with zero attached hydrogens (tertiary/aromatic N) is 2. The summed E-state index contributed by atoms with van der Waals surface area (Å²) in [5.41, 5.74) is 6.18. The van der Waals surface area contributed by atoms with E-state index in [-0.39, 0.29) is 0 Å². The second-order valence-corrected chi connectivity index (χ2v) is 6.16. The summed E-state index contributed by atoms with van der Waals surface area (Å²) in [6.07, 6.45) is 6.66. The van der Waals surface area contributed by atoms with Gasteiger partial charge in [0, 0.05) is 7.11 Å². The zero-order valence-electron chi connectivity index (χ0n) is 11.6. The van der Waals surface area contributed by atoms with E-state index in [0.717, 1.165) is 30.6 Å². The summed E-state index contributed by atoms with van der Waals surface area (Å²) in [5.74, 6) is 1.15. The lowest BCUT2D eigenvalue weighted by Crippen LogP contribution is -2.29. The topological polar surface area (TPSA) is 74.2 Å². The van der Waals surface area contributed by atoms with Gasteiger partial charge in [-0.1, -0.05) is 30.8 Å². The molecule has 20 heavy (non-hydrogen) atoms. The minimum absolute atomic E-state index is 0.399. The fraction of sp³-hybridized carbons (Fsp3) is 0.571. The van der Waals surface area contributed by atoms with Crippen LogP contribution in [0.4, 0.5) is 5.69 Å². The van der Waals surface area contributed by atoms with Crippen molar-refractivity contribution >= 4 is 17.0 Å². The average molecular weight is 293 g/mol. The molecule has 108 valence electrons. The maximum Gasteiger partial charge on any atom is 0.270 e. The summed E-state index contributed by atoms with van der Waals surface area (Å²) < 4.78 is 11.2. The molecule has 0 atom stereocenters. The van der Waals surface area contributed by atoms with Crippen molar-refractivity contribution in [2.45, 2.75) is 44.1 Å². The van der Waals surface area contributed by atoms with Gasteiger partial charge in [-0.2, -0.15) is 4.98 Å². The van der Waals surface area contributed by atoms with Crippen LogP contribution in [0.3, 0.4) is 0 Å². The molecular weight excluding hydrogens is 274 g/mol. The molecule has 6 heteroatoms. The summed E-state index contributed by atoms with van der Waals surface area (Å²) in [5, 5.41) is 6.08. The predicted octanol–water partition coefficient (Wildman–Crippen LogP) is 3.58. The van der Waals surface area contributed by atoms with Gasteiger partial charge in [-0.15, -0.1) is 11.3 Å². The summed E-state index contributed by atoms with van der Waals surface area (Å²) in [6.45, 7) is 0. The predicted molar refractivity (Wildman–Crippen MR) is 78.4 cm³/mol. The summed E-state index contributed by atoms with van der Waals surface area (Å²) >= 11 is 1.51. The fourth-order valence-electron chi connectivity index (χ4n) is 2.81. The first-order valence-electron chi connectivity index (χ1n) is 6.98. The average Bonchev–Trinajstić information content (AvgIpc) is 3.03.